The number of sulfonamides is 1. The first-order valence-electron chi connectivity index (χ1n) is 9.65. The van der Waals surface area contributed by atoms with Crippen LogP contribution in [0.3, 0.4) is 0 Å². The largest absolute Gasteiger partial charge is 0.611 e. The Bertz CT molecular complexity index is 1110. The second-order valence-electron chi connectivity index (χ2n) is 6.75. The monoisotopic (exact) mass is 544 g/mol. The van der Waals surface area contributed by atoms with Crippen LogP contribution in [0.1, 0.15) is 25.8 Å². The highest BCUT2D eigenvalue weighted by atomic mass is 35.5. The number of carbonyl (C=O) groups excluding carboxylic acids is 1. The van der Waals surface area contributed by atoms with E-state index < -0.39 is 42.9 Å². The molecule has 6 nitrogen and oxygen atoms in total. The fourth-order valence-electron chi connectivity index (χ4n) is 2.90. The Morgan fingerprint density at radius 3 is 2.33 bits per heavy atom. The van der Waals surface area contributed by atoms with Gasteiger partial charge in [0.15, 0.2) is 4.90 Å². The highest BCUT2D eigenvalue weighted by Gasteiger charge is 2.35. The van der Waals surface area contributed by atoms with Gasteiger partial charge < -0.3 is 9.45 Å². The molecule has 0 heterocycles. The van der Waals surface area contributed by atoms with E-state index >= 15 is 0 Å². The smallest absolute Gasteiger partial charge is 0.417 e. The zero-order valence-electron chi connectivity index (χ0n) is 17.6. The molecule has 0 aliphatic rings. The van der Waals surface area contributed by atoms with Gasteiger partial charge in [-0.2, -0.15) is 13.2 Å². The van der Waals surface area contributed by atoms with Crippen molar-refractivity contribution in [2.45, 2.75) is 36.2 Å². The molecule has 0 spiro atoms. The molecular formula is C20H21Cl2F3N2O4S2. The van der Waals surface area contributed by atoms with Gasteiger partial charge in [0.1, 0.15) is 11.4 Å². The quantitative estimate of drug-likeness (QED) is 0.440. The van der Waals surface area contributed by atoms with Crippen LogP contribution < -0.4 is 4.72 Å². The maximum Gasteiger partial charge on any atom is 0.417 e. The lowest BCUT2D eigenvalue weighted by molar-refractivity contribution is -0.137. The van der Waals surface area contributed by atoms with Crippen molar-refractivity contribution in [1.82, 2.24) is 4.90 Å². The zero-order chi connectivity index (χ0) is 25.0. The fraction of sp³-hybridized carbons (Fsp3) is 0.350. The lowest BCUT2D eigenvalue weighted by Crippen LogP contribution is -2.31. The maximum absolute atomic E-state index is 13.1. The van der Waals surface area contributed by atoms with E-state index in [0.29, 0.717) is 19.2 Å². The Morgan fingerprint density at radius 2 is 1.76 bits per heavy atom. The van der Waals surface area contributed by atoms with Gasteiger partial charge in [-0.05, 0) is 61.4 Å². The van der Waals surface area contributed by atoms with E-state index in [9.17, 15) is 30.9 Å². The molecule has 33 heavy (non-hydrogen) atoms. The SMILES string of the molecule is CCN(CC)C(=O)CC[S+]([O-])c1ccc(Cl)cc1NS(=O)(=O)c1ccc(Cl)c(C(F)(F)F)c1. The molecule has 2 aromatic rings. The minimum Gasteiger partial charge on any atom is -0.611 e. The van der Waals surface area contributed by atoms with Crippen LogP contribution in [0, 0.1) is 0 Å². The Kier molecular flexibility index (Phi) is 9.34. The number of alkyl halides is 3. The lowest BCUT2D eigenvalue weighted by atomic mass is 10.2. The highest BCUT2D eigenvalue weighted by Crippen LogP contribution is 2.36. The van der Waals surface area contributed by atoms with Crippen LogP contribution in [-0.4, -0.2) is 42.6 Å². The average Bonchev–Trinajstić information content (AvgIpc) is 2.72. The molecule has 1 N–H and O–H groups in total. The first kappa shape index (κ1) is 27.6. The summed E-state index contributed by atoms with van der Waals surface area (Å²) in [5.74, 6) is -0.282. The van der Waals surface area contributed by atoms with Crippen molar-refractivity contribution in [2.75, 3.05) is 23.6 Å². The number of rotatable bonds is 9. The number of nitrogens with one attached hydrogen (secondary N) is 1. The molecule has 0 aromatic heterocycles. The van der Waals surface area contributed by atoms with E-state index in [1.165, 1.54) is 18.2 Å². The highest BCUT2D eigenvalue weighted by molar-refractivity contribution is 7.93. The van der Waals surface area contributed by atoms with Gasteiger partial charge in [-0.1, -0.05) is 23.2 Å². The van der Waals surface area contributed by atoms with Gasteiger partial charge in [0.2, 0.25) is 5.91 Å². The first-order valence-corrected chi connectivity index (χ1v) is 13.2. The van der Waals surface area contributed by atoms with Crippen LogP contribution in [-0.2, 0) is 32.2 Å². The molecule has 2 aromatic carbocycles. The third-order valence-corrected chi connectivity index (χ3v) is 7.95. The summed E-state index contributed by atoms with van der Waals surface area (Å²) in [5, 5.41) is -0.538. The Hall–Kier alpha value is -1.66. The predicted octanol–water partition coefficient (Wildman–Crippen LogP) is 5.18. The molecule has 13 heteroatoms. The van der Waals surface area contributed by atoms with Crippen molar-refractivity contribution < 1.29 is 30.9 Å². The minimum absolute atomic E-state index is 0.0325. The van der Waals surface area contributed by atoms with Gasteiger partial charge in [0, 0.05) is 18.1 Å². The molecule has 1 amide bonds. The third kappa shape index (κ3) is 7.16. The van der Waals surface area contributed by atoms with E-state index in [1.54, 1.807) is 4.90 Å². The molecule has 0 saturated carbocycles. The van der Waals surface area contributed by atoms with Gasteiger partial charge in [-0.15, -0.1) is 0 Å². The minimum atomic E-state index is -4.86. The van der Waals surface area contributed by atoms with E-state index in [1.807, 2.05) is 13.8 Å². The van der Waals surface area contributed by atoms with Gasteiger partial charge >= 0.3 is 6.18 Å². The predicted molar refractivity (Wildman–Crippen MR) is 123 cm³/mol. The van der Waals surface area contributed by atoms with Crippen LogP contribution in [0.15, 0.2) is 46.2 Å². The summed E-state index contributed by atoms with van der Waals surface area (Å²) < 4.78 is 80.0. The Balaban J connectivity index is 2.33. The third-order valence-electron chi connectivity index (χ3n) is 4.60. The number of benzene rings is 2. The first-order chi connectivity index (χ1) is 15.3. The standard InChI is InChI=1S/C20H21Cl2F3N2O4S2/c1-3-27(4-2)19(28)9-10-32(29)18-8-5-13(21)11-17(18)26-33(30,31)14-6-7-16(22)15(12-14)20(23,24)25/h5-8,11-12,26H,3-4,9-10H2,1-2H3. The second kappa shape index (κ2) is 11.2. The maximum atomic E-state index is 13.1. The van der Waals surface area contributed by atoms with E-state index in [4.69, 9.17) is 23.2 Å². The molecule has 182 valence electrons. The molecule has 0 bridgehead atoms. The summed E-state index contributed by atoms with van der Waals surface area (Å²) in [4.78, 5) is 13.1. The fourth-order valence-corrected chi connectivity index (χ4v) is 5.61. The zero-order valence-corrected chi connectivity index (χ0v) is 20.7. The van der Waals surface area contributed by atoms with E-state index in [0.717, 1.165) is 12.1 Å². The number of amides is 1. The van der Waals surface area contributed by atoms with E-state index in [2.05, 4.69) is 4.72 Å². The molecule has 0 saturated heterocycles. The van der Waals surface area contributed by atoms with Gasteiger partial charge in [0.05, 0.1) is 21.9 Å². The molecule has 0 fully saturated rings. The van der Waals surface area contributed by atoms with Crippen LogP contribution in [0.5, 0.6) is 0 Å². The molecule has 0 aliphatic heterocycles. The number of hydrogen-bond acceptors (Lipinski definition) is 4. The topological polar surface area (TPSA) is 89.5 Å². The second-order valence-corrected chi connectivity index (χ2v) is 10.8. The number of carbonyl (C=O) groups is 1. The molecule has 1 unspecified atom stereocenters. The average molecular weight is 545 g/mol. The van der Waals surface area contributed by atoms with Crippen molar-refractivity contribution in [3.63, 3.8) is 0 Å². The molecule has 2 rings (SSSR count). The Morgan fingerprint density at radius 1 is 1.12 bits per heavy atom. The van der Waals surface area contributed by atoms with Crippen LogP contribution in [0.25, 0.3) is 0 Å². The lowest BCUT2D eigenvalue weighted by Gasteiger charge is -2.20. The van der Waals surface area contributed by atoms with Crippen molar-refractivity contribution in [3.05, 3.63) is 52.0 Å². The van der Waals surface area contributed by atoms with Crippen molar-refractivity contribution in [2.24, 2.45) is 0 Å². The summed E-state index contributed by atoms with van der Waals surface area (Å²) in [7, 11) is -4.52. The number of anilines is 1. The number of halogens is 5. The number of hydrogen-bond donors (Lipinski definition) is 1. The summed E-state index contributed by atoms with van der Waals surface area (Å²) in [6.07, 6.45) is -4.89. The van der Waals surface area contributed by atoms with Crippen molar-refractivity contribution in [1.29, 1.82) is 0 Å². The van der Waals surface area contributed by atoms with Crippen LogP contribution in [0.4, 0.5) is 18.9 Å². The van der Waals surface area contributed by atoms with Crippen LogP contribution >= 0.6 is 23.2 Å². The summed E-state index contributed by atoms with van der Waals surface area (Å²) in [6.45, 7) is 4.61. The summed E-state index contributed by atoms with van der Waals surface area (Å²) >= 11 is 9.71. The Labute approximate surface area is 203 Å². The van der Waals surface area contributed by atoms with Gasteiger partial charge in [-0.25, -0.2) is 8.42 Å². The summed E-state index contributed by atoms with van der Waals surface area (Å²) in [6, 6.07) is 6.08. The molecule has 1 atom stereocenters. The summed E-state index contributed by atoms with van der Waals surface area (Å²) in [5.41, 5.74) is -1.48. The molecular weight excluding hydrogens is 524 g/mol. The molecule has 0 radical (unpaired) electrons. The van der Waals surface area contributed by atoms with Crippen molar-refractivity contribution >= 4 is 56.0 Å². The van der Waals surface area contributed by atoms with Crippen LogP contribution in [0.2, 0.25) is 10.0 Å². The van der Waals surface area contributed by atoms with E-state index in [-0.39, 0.29) is 33.7 Å². The number of nitrogens with zero attached hydrogens (tertiary/aromatic N) is 1. The van der Waals surface area contributed by atoms with Gasteiger partial charge in [0.25, 0.3) is 10.0 Å². The van der Waals surface area contributed by atoms with Crippen molar-refractivity contribution in [3.8, 4) is 0 Å². The normalized spacial score (nSPS) is 13.0. The molecule has 0 aliphatic carbocycles. The van der Waals surface area contributed by atoms with Gasteiger partial charge in [-0.3, -0.25) is 9.52 Å².